The van der Waals surface area contributed by atoms with E-state index in [-0.39, 0.29) is 18.1 Å². The first kappa shape index (κ1) is 15.7. The predicted octanol–water partition coefficient (Wildman–Crippen LogP) is 2.73. The second-order valence-electron chi connectivity index (χ2n) is 6.36. The molecule has 1 fully saturated rings. The van der Waals surface area contributed by atoms with Gasteiger partial charge in [-0.25, -0.2) is 9.37 Å². The molecule has 1 amide bonds. The quantitative estimate of drug-likeness (QED) is 0.870. The number of amides is 1. The normalized spacial score (nSPS) is 17.7. The maximum atomic E-state index is 13.2. The molecule has 0 spiro atoms. The van der Waals surface area contributed by atoms with Crippen molar-refractivity contribution >= 4 is 5.91 Å². The molecule has 1 unspecified atom stereocenters. The topological polar surface area (TPSA) is 38.1 Å². The van der Waals surface area contributed by atoms with Gasteiger partial charge in [-0.2, -0.15) is 0 Å². The summed E-state index contributed by atoms with van der Waals surface area (Å²) in [6, 6.07) is 6.28. The fourth-order valence-corrected chi connectivity index (χ4v) is 3.26. The van der Waals surface area contributed by atoms with Gasteiger partial charge in [-0.3, -0.25) is 4.79 Å². The number of benzene rings is 1. The van der Waals surface area contributed by atoms with Crippen LogP contribution in [0.25, 0.3) is 0 Å². The Morgan fingerprint density at radius 2 is 2.22 bits per heavy atom. The molecule has 0 aliphatic carbocycles. The summed E-state index contributed by atoms with van der Waals surface area (Å²) < 4.78 is 15.4. The van der Waals surface area contributed by atoms with Crippen LogP contribution < -0.4 is 0 Å². The van der Waals surface area contributed by atoms with E-state index in [1.165, 1.54) is 12.1 Å². The summed E-state index contributed by atoms with van der Waals surface area (Å²) in [5, 5.41) is 0. The lowest BCUT2D eigenvalue weighted by Crippen LogP contribution is -2.30. The summed E-state index contributed by atoms with van der Waals surface area (Å²) in [7, 11) is 0. The molecule has 3 rings (SSSR count). The zero-order valence-electron chi connectivity index (χ0n) is 13.6. The van der Waals surface area contributed by atoms with Crippen LogP contribution in [0, 0.1) is 25.6 Å². The number of likely N-dealkylation sites (tertiary alicyclic amines) is 1. The maximum Gasteiger partial charge on any atom is 0.227 e. The van der Waals surface area contributed by atoms with Crippen LogP contribution in [0.5, 0.6) is 0 Å². The van der Waals surface area contributed by atoms with Gasteiger partial charge in [0.25, 0.3) is 0 Å². The lowest BCUT2D eigenvalue weighted by Gasteiger charge is -2.18. The molecule has 0 bridgehead atoms. The van der Waals surface area contributed by atoms with Gasteiger partial charge in [-0.1, -0.05) is 12.1 Å². The maximum absolute atomic E-state index is 13.2. The smallest absolute Gasteiger partial charge is 0.227 e. The number of aryl methyl sites for hydroxylation is 2. The molecule has 1 aliphatic heterocycles. The van der Waals surface area contributed by atoms with E-state index in [1.54, 1.807) is 12.1 Å². The number of hydrogen-bond acceptors (Lipinski definition) is 2. The molecule has 0 N–H and O–H groups in total. The Kier molecular flexibility index (Phi) is 4.46. The van der Waals surface area contributed by atoms with Crippen molar-refractivity contribution in [3.63, 3.8) is 0 Å². The molecule has 1 atom stereocenters. The summed E-state index contributed by atoms with van der Waals surface area (Å²) in [5.41, 5.74) is 1.90. The first-order valence-corrected chi connectivity index (χ1v) is 8.04. The monoisotopic (exact) mass is 315 g/mol. The predicted molar refractivity (Wildman–Crippen MR) is 86.5 cm³/mol. The highest BCUT2D eigenvalue weighted by Crippen LogP contribution is 2.21. The average molecular weight is 315 g/mol. The standard InChI is InChI=1S/C18H22FN3O/c1-13-10-20-14(2)22(13)12-16-6-7-21(11-16)18(23)9-15-4-3-5-17(19)8-15/h3-5,8,10,16H,6-7,9,11-12H2,1-2H3. The van der Waals surface area contributed by atoms with Crippen molar-refractivity contribution in [3.05, 3.63) is 53.4 Å². The molecule has 0 saturated carbocycles. The summed E-state index contributed by atoms with van der Waals surface area (Å²) in [4.78, 5) is 18.6. The molecular weight excluding hydrogens is 293 g/mol. The van der Waals surface area contributed by atoms with Crippen LogP contribution in [0.4, 0.5) is 4.39 Å². The van der Waals surface area contributed by atoms with Crippen molar-refractivity contribution in [2.24, 2.45) is 5.92 Å². The second kappa shape index (κ2) is 6.52. The molecule has 4 nitrogen and oxygen atoms in total. The van der Waals surface area contributed by atoms with E-state index in [0.717, 1.165) is 43.1 Å². The van der Waals surface area contributed by atoms with Gasteiger partial charge in [-0.15, -0.1) is 0 Å². The van der Waals surface area contributed by atoms with Crippen LogP contribution in [0.2, 0.25) is 0 Å². The van der Waals surface area contributed by atoms with Gasteiger partial charge in [0.2, 0.25) is 5.91 Å². The number of imidazole rings is 1. The molecule has 1 aromatic carbocycles. The third-order valence-electron chi connectivity index (χ3n) is 4.58. The Morgan fingerprint density at radius 1 is 1.39 bits per heavy atom. The highest BCUT2D eigenvalue weighted by Gasteiger charge is 2.27. The molecule has 23 heavy (non-hydrogen) atoms. The SMILES string of the molecule is Cc1cnc(C)n1CC1CCN(C(=O)Cc2cccc(F)c2)C1. The van der Waals surface area contributed by atoms with E-state index in [4.69, 9.17) is 0 Å². The highest BCUT2D eigenvalue weighted by atomic mass is 19.1. The summed E-state index contributed by atoms with van der Waals surface area (Å²) >= 11 is 0. The second-order valence-corrected chi connectivity index (χ2v) is 6.36. The summed E-state index contributed by atoms with van der Waals surface area (Å²) in [6.07, 6.45) is 3.16. The van der Waals surface area contributed by atoms with Gasteiger partial charge < -0.3 is 9.47 Å². The van der Waals surface area contributed by atoms with Crippen LogP contribution >= 0.6 is 0 Å². The van der Waals surface area contributed by atoms with E-state index in [1.807, 2.05) is 18.0 Å². The number of aromatic nitrogens is 2. The Labute approximate surface area is 135 Å². The molecule has 1 saturated heterocycles. The largest absolute Gasteiger partial charge is 0.342 e. The van der Waals surface area contributed by atoms with Crippen molar-refractivity contribution in [1.82, 2.24) is 14.5 Å². The molecule has 2 heterocycles. The van der Waals surface area contributed by atoms with Crippen molar-refractivity contribution in [2.45, 2.75) is 33.2 Å². The average Bonchev–Trinajstić information content (AvgIpc) is 3.10. The number of carbonyl (C=O) groups excluding carboxylic acids is 1. The third-order valence-corrected chi connectivity index (χ3v) is 4.58. The van der Waals surface area contributed by atoms with Crippen LogP contribution in [-0.4, -0.2) is 33.4 Å². The highest BCUT2D eigenvalue weighted by molar-refractivity contribution is 5.79. The van der Waals surface area contributed by atoms with E-state index < -0.39 is 0 Å². The molecular formula is C18H22FN3O. The van der Waals surface area contributed by atoms with Gasteiger partial charge in [0.1, 0.15) is 11.6 Å². The Bertz CT molecular complexity index is 691. The summed E-state index contributed by atoms with van der Waals surface area (Å²) in [5.74, 6) is 1.27. The van der Waals surface area contributed by atoms with Gasteiger partial charge in [-0.05, 0) is 43.9 Å². The van der Waals surface area contributed by atoms with Crippen LogP contribution in [-0.2, 0) is 17.8 Å². The lowest BCUT2D eigenvalue weighted by molar-refractivity contribution is -0.129. The van der Waals surface area contributed by atoms with Crippen LogP contribution in [0.1, 0.15) is 23.5 Å². The van der Waals surface area contributed by atoms with Gasteiger partial charge in [0.05, 0.1) is 6.42 Å². The zero-order valence-corrected chi connectivity index (χ0v) is 13.6. The van der Waals surface area contributed by atoms with Crippen molar-refractivity contribution in [3.8, 4) is 0 Å². The van der Waals surface area contributed by atoms with Crippen molar-refractivity contribution in [2.75, 3.05) is 13.1 Å². The fraction of sp³-hybridized carbons (Fsp3) is 0.444. The first-order chi connectivity index (χ1) is 11.0. The molecule has 0 radical (unpaired) electrons. The number of nitrogens with zero attached hydrogens (tertiary/aromatic N) is 3. The van der Waals surface area contributed by atoms with Crippen LogP contribution in [0.15, 0.2) is 30.5 Å². The minimum Gasteiger partial charge on any atom is -0.342 e. The zero-order chi connectivity index (χ0) is 16.4. The van der Waals surface area contributed by atoms with E-state index in [9.17, 15) is 9.18 Å². The van der Waals surface area contributed by atoms with E-state index in [0.29, 0.717) is 5.92 Å². The van der Waals surface area contributed by atoms with Gasteiger partial charge >= 0.3 is 0 Å². The molecule has 2 aromatic rings. The first-order valence-electron chi connectivity index (χ1n) is 8.04. The molecule has 1 aliphatic rings. The summed E-state index contributed by atoms with van der Waals surface area (Å²) in [6.45, 7) is 6.52. The van der Waals surface area contributed by atoms with Gasteiger partial charge in [0, 0.05) is 31.5 Å². The third kappa shape index (κ3) is 3.60. The van der Waals surface area contributed by atoms with Gasteiger partial charge in [0.15, 0.2) is 0 Å². The molecule has 122 valence electrons. The minimum absolute atomic E-state index is 0.0807. The number of carbonyl (C=O) groups is 1. The van der Waals surface area contributed by atoms with E-state index in [2.05, 4.69) is 16.5 Å². The van der Waals surface area contributed by atoms with Crippen molar-refractivity contribution < 1.29 is 9.18 Å². The van der Waals surface area contributed by atoms with E-state index >= 15 is 0 Å². The Morgan fingerprint density at radius 3 is 2.91 bits per heavy atom. The van der Waals surface area contributed by atoms with Crippen molar-refractivity contribution in [1.29, 1.82) is 0 Å². The number of halogens is 1. The Hall–Kier alpha value is -2.17. The fourth-order valence-electron chi connectivity index (χ4n) is 3.26. The Balaban J connectivity index is 1.58. The molecule has 5 heteroatoms. The van der Waals surface area contributed by atoms with Crippen LogP contribution in [0.3, 0.4) is 0 Å². The number of hydrogen-bond donors (Lipinski definition) is 0. The minimum atomic E-state index is -0.291. The lowest BCUT2D eigenvalue weighted by atomic mass is 10.1. The molecule has 1 aromatic heterocycles. The number of rotatable bonds is 4.